The number of carbonyl (C=O) groups excluding carboxylic acids is 3. The van der Waals surface area contributed by atoms with E-state index in [9.17, 15) is 14.4 Å². The summed E-state index contributed by atoms with van der Waals surface area (Å²) in [4.78, 5) is 36.3. The monoisotopic (exact) mass is 285 g/mol. The Hall–Kier alpha value is -2.53. The molecule has 1 amide bonds. The summed E-state index contributed by atoms with van der Waals surface area (Å²) in [7, 11) is 0. The zero-order valence-corrected chi connectivity index (χ0v) is 11.6. The third-order valence-electron chi connectivity index (χ3n) is 3.17. The molecule has 2 rings (SSSR count). The molecule has 0 aliphatic heterocycles. The number of allylic oxidation sites excluding steroid dienone is 3. The van der Waals surface area contributed by atoms with Crippen LogP contribution in [-0.2, 0) is 21.0 Å². The quantitative estimate of drug-likeness (QED) is 0.843. The van der Waals surface area contributed by atoms with Gasteiger partial charge in [-0.1, -0.05) is 12.1 Å². The zero-order chi connectivity index (χ0) is 15.4. The Labute approximate surface area is 122 Å². The number of aliphatic hydroxyl groups is 1. The molecule has 1 N–H and O–H groups in total. The van der Waals surface area contributed by atoms with Gasteiger partial charge in [0, 0.05) is 18.2 Å². The first-order chi connectivity index (χ1) is 10.0. The van der Waals surface area contributed by atoms with Gasteiger partial charge in [-0.25, -0.2) is 0 Å². The van der Waals surface area contributed by atoms with Gasteiger partial charge >= 0.3 is 0 Å². The first kappa shape index (κ1) is 14.9. The van der Waals surface area contributed by atoms with Crippen LogP contribution in [0.3, 0.4) is 0 Å². The van der Waals surface area contributed by atoms with Crippen LogP contribution in [0.4, 0.5) is 5.69 Å². The van der Waals surface area contributed by atoms with Crippen LogP contribution in [-0.4, -0.2) is 29.1 Å². The van der Waals surface area contributed by atoms with E-state index in [2.05, 4.69) is 0 Å². The summed E-state index contributed by atoms with van der Waals surface area (Å²) in [5.41, 5.74) is 1.62. The van der Waals surface area contributed by atoms with Crippen molar-refractivity contribution in [1.82, 2.24) is 0 Å². The second-order valence-electron chi connectivity index (χ2n) is 4.70. The smallest absolute Gasteiger partial charge is 0.224 e. The SMILES string of the molecule is CC(=O)N(CC1=CC(=O)C=CC1=O)c1ccc(CO)cc1. The van der Waals surface area contributed by atoms with Gasteiger partial charge in [0.2, 0.25) is 5.91 Å². The summed E-state index contributed by atoms with van der Waals surface area (Å²) >= 11 is 0. The second-order valence-corrected chi connectivity index (χ2v) is 4.70. The highest BCUT2D eigenvalue weighted by Gasteiger charge is 2.19. The molecule has 0 heterocycles. The third kappa shape index (κ3) is 3.52. The standard InChI is InChI=1S/C16H15NO4/c1-11(19)17(14-4-2-12(10-18)3-5-14)9-13-8-15(20)6-7-16(13)21/h2-8,18H,9-10H2,1H3. The number of aliphatic hydroxyl groups excluding tert-OH is 1. The van der Waals surface area contributed by atoms with Crippen molar-refractivity contribution in [2.24, 2.45) is 0 Å². The molecule has 21 heavy (non-hydrogen) atoms. The van der Waals surface area contributed by atoms with Crippen molar-refractivity contribution in [3.63, 3.8) is 0 Å². The Morgan fingerprint density at radius 1 is 1.14 bits per heavy atom. The average Bonchev–Trinajstić information content (AvgIpc) is 2.48. The van der Waals surface area contributed by atoms with Gasteiger partial charge in [-0.05, 0) is 35.9 Å². The number of ketones is 2. The first-order valence-electron chi connectivity index (χ1n) is 6.46. The minimum atomic E-state index is -0.271. The predicted molar refractivity (Wildman–Crippen MR) is 77.6 cm³/mol. The van der Waals surface area contributed by atoms with E-state index in [-0.39, 0.29) is 36.2 Å². The number of anilines is 1. The molecule has 0 unspecified atom stereocenters. The number of hydrogen-bond donors (Lipinski definition) is 1. The van der Waals surface area contributed by atoms with Crippen molar-refractivity contribution < 1.29 is 19.5 Å². The molecule has 0 radical (unpaired) electrons. The molecule has 108 valence electrons. The van der Waals surface area contributed by atoms with E-state index < -0.39 is 0 Å². The summed E-state index contributed by atoms with van der Waals surface area (Å²) in [6.07, 6.45) is 3.67. The van der Waals surface area contributed by atoms with E-state index in [0.29, 0.717) is 5.69 Å². The van der Waals surface area contributed by atoms with Crippen molar-refractivity contribution in [2.75, 3.05) is 11.4 Å². The maximum atomic E-state index is 11.8. The summed E-state index contributed by atoms with van der Waals surface area (Å²) in [6.45, 7) is 1.36. The normalized spacial score (nSPS) is 14.1. The van der Waals surface area contributed by atoms with Gasteiger partial charge in [0.05, 0.1) is 13.2 Å². The van der Waals surface area contributed by atoms with Gasteiger partial charge in [0.1, 0.15) is 0 Å². The summed E-state index contributed by atoms with van der Waals surface area (Å²) in [5, 5.41) is 9.02. The molecule has 5 nitrogen and oxygen atoms in total. The molecule has 0 aromatic heterocycles. The lowest BCUT2D eigenvalue weighted by Crippen LogP contribution is -2.32. The predicted octanol–water partition coefficient (Wildman–Crippen LogP) is 1.17. The highest BCUT2D eigenvalue weighted by molar-refractivity contribution is 6.18. The van der Waals surface area contributed by atoms with Crippen LogP contribution in [0, 0.1) is 0 Å². The Morgan fingerprint density at radius 2 is 1.81 bits per heavy atom. The fraction of sp³-hybridized carbons (Fsp3) is 0.188. The molecule has 0 saturated carbocycles. The third-order valence-corrected chi connectivity index (χ3v) is 3.17. The largest absolute Gasteiger partial charge is 0.392 e. The molecular weight excluding hydrogens is 270 g/mol. The van der Waals surface area contributed by atoms with Gasteiger partial charge in [-0.15, -0.1) is 0 Å². The second kappa shape index (κ2) is 6.28. The highest BCUT2D eigenvalue weighted by Crippen LogP contribution is 2.18. The maximum absolute atomic E-state index is 11.8. The summed E-state index contributed by atoms with van der Waals surface area (Å²) in [5.74, 6) is -0.765. The molecule has 0 fully saturated rings. The Balaban J connectivity index is 2.25. The minimum Gasteiger partial charge on any atom is -0.392 e. The molecule has 1 aromatic rings. The van der Waals surface area contributed by atoms with Gasteiger partial charge in [-0.3, -0.25) is 14.4 Å². The molecule has 1 aliphatic carbocycles. The lowest BCUT2D eigenvalue weighted by molar-refractivity contribution is -0.116. The lowest BCUT2D eigenvalue weighted by Gasteiger charge is -2.22. The molecule has 1 aromatic carbocycles. The highest BCUT2D eigenvalue weighted by atomic mass is 16.3. The average molecular weight is 285 g/mol. The van der Waals surface area contributed by atoms with E-state index in [0.717, 1.165) is 5.56 Å². The summed E-state index contributed by atoms with van der Waals surface area (Å²) in [6, 6.07) is 6.79. The molecule has 0 bridgehead atoms. The van der Waals surface area contributed by atoms with Crippen LogP contribution in [0.15, 0.2) is 48.1 Å². The van der Waals surface area contributed by atoms with E-state index >= 15 is 0 Å². The lowest BCUT2D eigenvalue weighted by atomic mass is 10.0. The number of nitrogens with zero attached hydrogens (tertiary/aromatic N) is 1. The number of amides is 1. The number of carbonyl (C=O) groups is 3. The van der Waals surface area contributed by atoms with Gasteiger partial charge in [0.15, 0.2) is 11.6 Å². The van der Waals surface area contributed by atoms with Crippen LogP contribution in [0.1, 0.15) is 12.5 Å². The van der Waals surface area contributed by atoms with Gasteiger partial charge < -0.3 is 10.0 Å². The van der Waals surface area contributed by atoms with Crippen LogP contribution in [0.25, 0.3) is 0 Å². The zero-order valence-electron chi connectivity index (χ0n) is 11.6. The van der Waals surface area contributed by atoms with Gasteiger partial charge in [0.25, 0.3) is 0 Å². The van der Waals surface area contributed by atoms with Crippen LogP contribution < -0.4 is 4.90 Å². The Bertz CT molecular complexity index is 641. The topological polar surface area (TPSA) is 74.7 Å². The summed E-state index contributed by atoms with van der Waals surface area (Å²) < 4.78 is 0. The Morgan fingerprint density at radius 3 is 2.38 bits per heavy atom. The van der Waals surface area contributed by atoms with Crippen LogP contribution in [0.2, 0.25) is 0 Å². The molecule has 0 saturated heterocycles. The number of benzene rings is 1. The van der Waals surface area contributed by atoms with E-state index in [1.54, 1.807) is 24.3 Å². The Kier molecular flexibility index (Phi) is 4.45. The fourth-order valence-electron chi connectivity index (χ4n) is 2.02. The van der Waals surface area contributed by atoms with E-state index in [1.807, 2.05) is 0 Å². The molecular formula is C16H15NO4. The van der Waals surface area contributed by atoms with Crippen molar-refractivity contribution >= 4 is 23.2 Å². The molecule has 1 aliphatic rings. The van der Waals surface area contributed by atoms with Crippen molar-refractivity contribution in [1.29, 1.82) is 0 Å². The van der Waals surface area contributed by atoms with Crippen LogP contribution >= 0.6 is 0 Å². The van der Waals surface area contributed by atoms with Crippen molar-refractivity contribution in [3.8, 4) is 0 Å². The fourth-order valence-corrected chi connectivity index (χ4v) is 2.02. The van der Waals surface area contributed by atoms with Crippen LogP contribution in [0.5, 0.6) is 0 Å². The number of rotatable bonds is 4. The molecule has 0 spiro atoms. The first-order valence-corrected chi connectivity index (χ1v) is 6.46. The minimum absolute atomic E-state index is 0.0444. The van der Waals surface area contributed by atoms with E-state index in [4.69, 9.17) is 5.11 Å². The maximum Gasteiger partial charge on any atom is 0.224 e. The van der Waals surface area contributed by atoms with Crippen molar-refractivity contribution in [2.45, 2.75) is 13.5 Å². The molecule has 5 heteroatoms. The van der Waals surface area contributed by atoms with Gasteiger partial charge in [-0.2, -0.15) is 0 Å². The van der Waals surface area contributed by atoms with Crippen molar-refractivity contribution in [3.05, 3.63) is 53.6 Å². The van der Waals surface area contributed by atoms with E-state index in [1.165, 1.54) is 30.1 Å². The molecule has 0 atom stereocenters. The number of hydrogen-bond acceptors (Lipinski definition) is 4.